The number of carbonyl (C=O) groups is 1. The van der Waals surface area contributed by atoms with Crippen molar-refractivity contribution in [3.63, 3.8) is 0 Å². The minimum absolute atomic E-state index is 0.0245. The van der Waals surface area contributed by atoms with Gasteiger partial charge in [-0.3, -0.25) is 0 Å². The van der Waals surface area contributed by atoms with Crippen LogP contribution in [0.3, 0.4) is 0 Å². The standard InChI is InChI=1S/C23H32O9/c1-12-9-17(31-11-27-5)13(2)19(16(12)10-24)32-20-15(4)23(30-8,22(26)29-7)21(28-6)14(3)18(20)25/h9,15,24-25H,10-11H2,1-8H3. The number of aliphatic hydroxyl groups is 2. The first kappa shape index (κ1) is 25.5. The highest BCUT2D eigenvalue weighted by atomic mass is 16.7. The van der Waals surface area contributed by atoms with Crippen molar-refractivity contribution in [2.45, 2.75) is 39.9 Å². The average Bonchev–Trinajstić information content (AvgIpc) is 2.79. The third-order valence-electron chi connectivity index (χ3n) is 5.79. The molecular weight excluding hydrogens is 420 g/mol. The molecule has 178 valence electrons. The van der Waals surface area contributed by atoms with Gasteiger partial charge in [0, 0.05) is 30.9 Å². The summed E-state index contributed by atoms with van der Waals surface area (Å²) in [5.41, 5.74) is 0.407. The quantitative estimate of drug-likeness (QED) is 0.431. The summed E-state index contributed by atoms with van der Waals surface area (Å²) in [7, 11) is 5.49. The van der Waals surface area contributed by atoms with Gasteiger partial charge < -0.3 is 38.6 Å². The monoisotopic (exact) mass is 452 g/mol. The van der Waals surface area contributed by atoms with E-state index in [4.69, 9.17) is 28.4 Å². The zero-order chi connectivity index (χ0) is 24.2. The molecule has 32 heavy (non-hydrogen) atoms. The van der Waals surface area contributed by atoms with Crippen LogP contribution in [0.2, 0.25) is 0 Å². The van der Waals surface area contributed by atoms with Gasteiger partial charge >= 0.3 is 5.97 Å². The molecule has 2 unspecified atom stereocenters. The Labute approximate surface area is 188 Å². The lowest BCUT2D eigenvalue weighted by molar-refractivity contribution is -0.172. The largest absolute Gasteiger partial charge is 0.504 e. The molecule has 0 saturated heterocycles. The summed E-state index contributed by atoms with van der Waals surface area (Å²) in [5, 5.41) is 21.0. The minimum atomic E-state index is -1.68. The topological polar surface area (TPSA) is 113 Å². The number of aliphatic hydroxyl groups excluding tert-OH is 2. The number of rotatable bonds is 9. The molecular formula is C23H32O9. The maximum atomic E-state index is 12.9. The average molecular weight is 453 g/mol. The summed E-state index contributed by atoms with van der Waals surface area (Å²) in [4.78, 5) is 12.9. The van der Waals surface area contributed by atoms with E-state index >= 15 is 0 Å². The molecule has 1 aliphatic rings. The van der Waals surface area contributed by atoms with E-state index in [2.05, 4.69) is 0 Å². The highest BCUT2D eigenvalue weighted by Crippen LogP contribution is 2.46. The third kappa shape index (κ3) is 4.03. The Hall–Kier alpha value is -2.75. The Kier molecular flexibility index (Phi) is 8.17. The van der Waals surface area contributed by atoms with Gasteiger partial charge in [-0.2, -0.15) is 0 Å². The van der Waals surface area contributed by atoms with E-state index in [1.165, 1.54) is 28.4 Å². The lowest BCUT2D eigenvalue weighted by Crippen LogP contribution is -2.53. The normalized spacial score (nSPS) is 21.0. The number of esters is 1. The van der Waals surface area contributed by atoms with E-state index in [1.807, 2.05) is 0 Å². The molecule has 9 nitrogen and oxygen atoms in total. The Bertz CT molecular complexity index is 932. The number of hydrogen-bond donors (Lipinski definition) is 2. The van der Waals surface area contributed by atoms with Crippen molar-refractivity contribution >= 4 is 5.97 Å². The second-order valence-electron chi connectivity index (χ2n) is 7.46. The summed E-state index contributed by atoms with van der Waals surface area (Å²) in [6, 6.07) is 1.77. The Morgan fingerprint density at radius 3 is 2.31 bits per heavy atom. The zero-order valence-electron chi connectivity index (χ0n) is 19.8. The molecule has 2 atom stereocenters. The van der Waals surface area contributed by atoms with Crippen molar-refractivity contribution in [3.8, 4) is 11.5 Å². The first-order chi connectivity index (χ1) is 15.2. The number of benzene rings is 1. The van der Waals surface area contributed by atoms with E-state index in [0.717, 1.165) is 5.56 Å². The molecule has 0 aromatic heterocycles. The predicted molar refractivity (Wildman–Crippen MR) is 115 cm³/mol. The summed E-state index contributed by atoms with van der Waals surface area (Å²) in [6.07, 6.45) is 0. The van der Waals surface area contributed by atoms with Gasteiger partial charge in [0.2, 0.25) is 5.60 Å². The van der Waals surface area contributed by atoms with Crippen LogP contribution in [-0.4, -0.2) is 57.0 Å². The smallest absolute Gasteiger partial charge is 0.346 e. The van der Waals surface area contributed by atoms with Gasteiger partial charge in [0.25, 0.3) is 0 Å². The van der Waals surface area contributed by atoms with Crippen LogP contribution in [0.1, 0.15) is 30.5 Å². The second kappa shape index (κ2) is 10.2. The number of carbonyl (C=O) groups excluding carboxylic acids is 1. The Morgan fingerprint density at radius 1 is 1.16 bits per heavy atom. The predicted octanol–water partition coefficient (Wildman–Crippen LogP) is 3.06. The first-order valence-corrected chi connectivity index (χ1v) is 10.0. The van der Waals surface area contributed by atoms with Gasteiger partial charge in [-0.25, -0.2) is 4.79 Å². The van der Waals surface area contributed by atoms with E-state index in [0.29, 0.717) is 22.6 Å². The molecule has 0 aliphatic heterocycles. The van der Waals surface area contributed by atoms with E-state index in [-0.39, 0.29) is 36.3 Å². The SMILES string of the molecule is COCOc1cc(C)c(CO)c(OC2=C(O)C(C)=C(OC)C(OC)(C(=O)OC)C2C)c1C. The molecule has 1 aromatic rings. The summed E-state index contributed by atoms with van der Waals surface area (Å²) in [5.74, 6) is -0.756. The van der Waals surface area contributed by atoms with Crippen LogP contribution in [0.4, 0.5) is 0 Å². The molecule has 0 saturated carbocycles. The molecule has 0 fully saturated rings. The summed E-state index contributed by atoms with van der Waals surface area (Å²) >= 11 is 0. The molecule has 0 bridgehead atoms. The minimum Gasteiger partial charge on any atom is -0.504 e. The van der Waals surface area contributed by atoms with Crippen LogP contribution in [-0.2, 0) is 30.3 Å². The maximum absolute atomic E-state index is 12.9. The van der Waals surface area contributed by atoms with Gasteiger partial charge in [0.1, 0.15) is 17.3 Å². The van der Waals surface area contributed by atoms with Gasteiger partial charge in [-0.05, 0) is 32.4 Å². The number of ether oxygens (including phenoxy) is 6. The molecule has 2 rings (SSSR count). The fourth-order valence-corrected chi connectivity index (χ4v) is 4.00. The van der Waals surface area contributed by atoms with Gasteiger partial charge in [-0.15, -0.1) is 0 Å². The van der Waals surface area contributed by atoms with Crippen LogP contribution in [0.25, 0.3) is 0 Å². The molecule has 9 heteroatoms. The third-order valence-corrected chi connectivity index (χ3v) is 5.79. The van der Waals surface area contributed by atoms with Crippen LogP contribution in [0, 0.1) is 19.8 Å². The summed E-state index contributed by atoms with van der Waals surface area (Å²) < 4.78 is 33.0. The molecule has 0 heterocycles. The van der Waals surface area contributed by atoms with Crippen molar-refractivity contribution in [2.24, 2.45) is 5.92 Å². The molecule has 2 N–H and O–H groups in total. The summed E-state index contributed by atoms with van der Waals surface area (Å²) in [6.45, 7) is 6.53. The fraction of sp³-hybridized carbons (Fsp3) is 0.522. The van der Waals surface area contributed by atoms with Gasteiger partial charge in [0.05, 0.1) is 26.7 Å². The van der Waals surface area contributed by atoms with Crippen LogP contribution < -0.4 is 9.47 Å². The van der Waals surface area contributed by atoms with Crippen molar-refractivity contribution in [2.75, 3.05) is 35.2 Å². The van der Waals surface area contributed by atoms with Gasteiger partial charge in [0.15, 0.2) is 18.3 Å². The highest BCUT2D eigenvalue weighted by molar-refractivity contribution is 5.85. The molecule has 1 aliphatic carbocycles. The maximum Gasteiger partial charge on any atom is 0.346 e. The Balaban J connectivity index is 2.73. The Morgan fingerprint density at radius 2 is 1.81 bits per heavy atom. The number of hydrogen-bond acceptors (Lipinski definition) is 9. The van der Waals surface area contributed by atoms with E-state index in [9.17, 15) is 15.0 Å². The number of aryl methyl sites for hydroxylation is 1. The number of methoxy groups -OCH3 is 4. The zero-order valence-corrected chi connectivity index (χ0v) is 19.8. The van der Waals surface area contributed by atoms with Crippen molar-refractivity contribution in [3.05, 3.63) is 45.6 Å². The molecule has 0 amide bonds. The highest BCUT2D eigenvalue weighted by Gasteiger charge is 2.57. The van der Waals surface area contributed by atoms with Crippen LogP contribution >= 0.6 is 0 Å². The van der Waals surface area contributed by atoms with Crippen molar-refractivity contribution < 1.29 is 43.4 Å². The molecule has 1 aromatic carbocycles. The van der Waals surface area contributed by atoms with Gasteiger partial charge in [-0.1, -0.05) is 6.92 Å². The lowest BCUT2D eigenvalue weighted by Gasteiger charge is -2.40. The molecule has 0 spiro atoms. The van der Waals surface area contributed by atoms with Crippen LogP contribution in [0.15, 0.2) is 28.9 Å². The van der Waals surface area contributed by atoms with Crippen LogP contribution in [0.5, 0.6) is 11.5 Å². The first-order valence-electron chi connectivity index (χ1n) is 10.0. The fourth-order valence-electron chi connectivity index (χ4n) is 4.00. The van der Waals surface area contributed by atoms with E-state index < -0.39 is 17.5 Å². The van der Waals surface area contributed by atoms with Crippen molar-refractivity contribution in [1.82, 2.24) is 0 Å². The number of allylic oxidation sites excluding steroid dienone is 1. The second-order valence-corrected chi connectivity index (χ2v) is 7.46. The van der Waals surface area contributed by atoms with Crippen molar-refractivity contribution in [1.29, 1.82) is 0 Å². The van der Waals surface area contributed by atoms with E-state index in [1.54, 1.807) is 33.8 Å². The lowest BCUT2D eigenvalue weighted by atomic mass is 9.78. The molecule has 0 radical (unpaired) electrons.